The maximum atomic E-state index is 13.5. The van der Waals surface area contributed by atoms with Crippen LogP contribution < -0.4 is 9.47 Å². The quantitative estimate of drug-likeness (QED) is 0.915. The number of ether oxygens (including phenoxy) is 2. The second kappa shape index (κ2) is 6.34. The maximum absolute atomic E-state index is 13.5. The number of hydrogen-bond acceptors (Lipinski definition) is 3. The first-order valence-electron chi connectivity index (χ1n) is 5.99. The summed E-state index contributed by atoms with van der Waals surface area (Å²) in [4.78, 5) is 0. The Morgan fingerprint density at radius 2 is 1.90 bits per heavy atom. The van der Waals surface area contributed by atoms with Crippen LogP contribution in [0.2, 0.25) is 0 Å². The Labute approximate surface area is 115 Å². The van der Waals surface area contributed by atoms with E-state index in [0.717, 1.165) is 6.07 Å². The molecule has 0 saturated carbocycles. The molecule has 0 amide bonds. The van der Waals surface area contributed by atoms with Crippen molar-refractivity contribution in [2.45, 2.75) is 13.2 Å². The van der Waals surface area contributed by atoms with Crippen molar-refractivity contribution in [3.05, 3.63) is 59.2 Å². The molecule has 5 heteroatoms. The molecule has 2 aromatic carbocycles. The molecule has 0 aliphatic carbocycles. The van der Waals surface area contributed by atoms with Crippen molar-refractivity contribution >= 4 is 0 Å². The van der Waals surface area contributed by atoms with E-state index in [-0.39, 0.29) is 18.8 Å². The molecule has 3 nitrogen and oxygen atoms in total. The zero-order chi connectivity index (χ0) is 14.5. The smallest absolute Gasteiger partial charge is 0.165 e. The average molecular weight is 280 g/mol. The van der Waals surface area contributed by atoms with Crippen molar-refractivity contribution in [3.8, 4) is 11.5 Å². The van der Waals surface area contributed by atoms with Crippen LogP contribution in [0.15, 0.2) is 36.4 Å². The SMILES string of the molecule is COc1ccc(CO)cc1OCc1cccc(F)c1F. The highest BCUT2D eigenvalue weighted by Gasteiger charge is 2.10. The van der Waals surface area contributed by atoms with Crippen LogP contribution in [-0.4, -0.2) is 12.2 Å². The normalized spacial score (nSPS) is 10.4. The molecule has 0 atom stereocenters. The van der Waals surface area contributed by atoms with Gasteiger partial charge in [0.2, 0.25) is 0 Å². The van der Waals surface area contributed by atoms with Gasteiger partial charge in [0.25, 0.3) is 0 Å². The molecule has 0 bridgehead atoms. The Bertz CT molecular complexity index is 600. The highest BCUT2D eigenvalue weighted by molar-refractivity contribution is 5.43. The van der Waals surface area contributed by atoms with Gasteiger partial charge in [0.15, 0.2) is 23.1 Å². The fraction of sp³-hybridized carbons (Fsp3) is 0.200. The Kier molecular flexibility index (Phi) is 4.53. The van der Waals surface area contributed by atoms with Gasteiger partial charge in [-0.25, -0.2) is 8.78 Å². The molecule has 2 rings (SSSR count). The van der Waals surface area contributed by atoms with Crippen LogP contribution in [0.25, 0.3) is 0 Å². The first kappa shape index (κ1) is 14.3. The van der Waals surface area contributed by atoms with Crippen molar-refractivity contribution in [3.63, 3.8) is 0 Å². The molecule has 1 N–H and O–H groups in total. The van der Waals surface area contributed by atoms with Gasteiger partial charge < -0.3 is 14.6 Å². The van der Waals surface area contributed by atoms with E-state index in [9.17, 15) is 8.78 Å². The number of benzene rings is 2. The summed E-state index contributed by atoms with van der Waals surface area (Å²) in [6, 6.07) is 8.83. The van der Waals surface area contributed by atoms with E-state index in [4.69, 9.17) is 14.6 Å². The van der Waals surface area contributed by atoms with Gasteiger partial charge in [-0.1, -0.05) is 18.2 Å². The van der Waals surface area contributed by atoms with Gasteiger partial charge in [-0.15, -0.1) is 0 Å². The lowest BCUT2D eigenvalue weighted by Gasteiger charge is -2.12. The molecule has 106 valence electrons. The minimum atomic E-state index is -0.926. The number of halogens is 2. The lowest BCUT2D eigenvalue weighted by atomic mass is 10.2. The molecule has 0 fully saturated rings. The van der Waals surface area contributed by atoms with E-state index >= 15 is 0 Å². The summed E-state index contributed by atoms with van der Waals surface area (Å²) in [6.45, 7) is -0.274. The van der Waals surface area contributed by atoms with E-state index < -0.39 is 11.6 Å². The second-order valence-corrected chi connectivity index (χ2v) is 4.14. The molecule has 20 heavy (non-hydrogen) atoms. The van der Waals surface area contributed by atoms with Crippen LogP contribution in [0, 0.1) is 11.6 Å². The van der Waals surface area contributed by atoms with Gasteiger partial charge in [-0.3, -0.25) is 0 Å². The van der Waals surface area contributed by atoms with Gasteiger partial charge in [-0.2, -0.15) is 0 Å². The number of aliphatic hydroxyl groups is 1. The molecule has 0 heterocycles. The molecule has 0 radical (unpaired) electrons. The first-order chi connectivity index (χ1) is 9.65. The number of aliphatic hydroxyl groups excluding tert-OH is 1. The van der Waals surface area contributed by atoms with Crippen molar-refractivity contribution < 1.29 is 23.4 Å². The Morgan fingerprint density at radius 3 is 2.60 bits per heavy atom. The van der Waals surface area contributed by atoms with Crippen LogP contribution in [0.5, 0.6) is 11.5 Å². The van der Waals surface area contributed by atoms with E-state index in [1.165, 1.54) is 19.2 Å². The zero-order valence-electron chi connectivity index (χ0n) is 10.9. The number of rotatable bonds is 5. The predicted molar refractivity (Wildman–Crippen MR) is 69.6 cm³/mol. The largest absolute Gasteiger partial charge is 0.493 e. The number of methoxy groups -OCH3 is 1. The summed E-state index contributed by atoms with van der Waals surface area (Å²) in [5, 5.41) is 9.09. The number of hydrogen-bond donors (Lipinski definition) is 1. The lowest BCUT2D eigenvalue weighted by molar-refractivity contribution is 0.268. The molecule has 2 aromatic rings. The van der Waals surface area contributed by atoms with Crippen LogP contribution >= 0.6 is 0 Å². The molecule has 0 spiro atoms. The summed E-state index contributed by atoms with van der Waals surface area (Å²) < 4.78 is 37.1. The first-order valence-corrected chi connectivity index (χ1v) is 5.99. The highest BCUT2D eigenvalue weighted by Crippen LogP contribution is 2.29. The fourth-order valence-corrected chi connectivity index (χ4v) is 1.75. The van der Waals surface area contributed by atoms with Crippen LogP contribution in [0.4, 0.5) is 8.78 Å². The van der Waals surface area contributed by atoms with E-state index in [0.29, 0.717) is 17.1 Å². The van der Waals surface area contributed by atoms with Crippen molar-refractivity contribution in [2.24, 2.45) is 0 Å². The summed E-state index contributed by atoms with van der Waals surface area (Å²) in [6.07, 6.45) is 0. The Balaban J connectivity index is 2.19. The summed E-state index contributed by atoms with van der Waals surface area (Å²) >= 11 is 0. The molecule has 0 aliphatic rings. The van der Waals surface area contributed by atoms with E-state index in [1.807, 2.05) is 0 Å². The van der Waals surface area contributed by atoms with Crippen LogP contribution in [0.3, 0.4) is 0 Å². The zero-order valence-corrected chi connectivity index (χ0v) is 10.9. The van der Waals surface area contributed by atoms with E-state index in [2.05, 4.69) is 0 Å². The summed E-state index contributed by atoms with van der Waals surface area (Å²) in [7, 11) is 1.48. The topological polar surface area (TPSA) is 38.7 Å². The maximum Gasteiger partial charge on any atom is 0.165 e. The molecule has 0 unspecified atom stereocenters. The molecule has 0 aromatic heterocycles. The standard InChI is InChI=1S/C15H14F2O3/c1-19-13-6-5-10(8-18)7-14(13)20-9-11-3-2-4-12(16)15(11)17/h2-7,18H,8-9H2,1H3. The van der Waals surface area contributed by atoms with Gasteiger partial charge in [-0.05, 0) is 23.8 Å². The lowest BCUT2D eigenvalue weighted by Crippen LogP contribution is -2.02. The Morgan fingerprint density at radius 1 is 1.10 bits per heavy atom. The third-order valence-electron chi connectivity index (χ3n) is 2.83. The van der Waals surface area contributed by atoms with Crippen molar-refractivity contribution in [2.75, 3.05) is 7.11 Å². The molecular weight excluding hydrogens is 266 g/mol. The molecular formula is C15H14F2O3. The summed E-state index contributed by atoms with van der Waals surface area (Å²) in [5.74, 6) is -1.02. The Hall–Kier alpha value is -2.14. The summed E-state index contributed by atoms with van der Waals surface area (Å²) in [5.41, 5.74) is 0.752. The minimum absolute atomic E-state index is 0.112. The van der Waals surface area contributed by atoms with Gasteiger partial charge in [0.05, 0.1) is 13.7 Å². The van der Waals surface area contributed by atoms with Gasteiger partial charge in [0.1, 0.15) is 6.61 Å². The van der Waals surface area contributed by atoms with Crippen LogP contribution in [0.1, 0.15) is 11.1 Å². The fourth-order valence-electron chi connectivity index (χ4n) is 1.75. The van der Waals surface area contributed by atoms with Crippen molar-refractivity contribution in [1.82, 2.24) is 0 Å². The molecule has 0 saturated heterocycles. The predicted octanol–water partition coefficient (Wildman–Crippen LogP) is 3.04. The third kappa shape index (κ3) is 3.05. The average Bonchev–Trinajstić information content (AvgIpc) is 2.48. The van der Waals surface area contributed by atoms with Gasteiger partial charge in [0, 0.05) is 5.56 Å². The molecule has 0 aliphatic heterocycles. The minimum Gasteiger partial charge on any atom is -0.493 e. The highest BCUT2D eigenvalue weighted by atomic mass is 19.2. The van der Waals surface area contributed by atoms with Gasteiger partial charge >= 0.3 is 0 Å². The van der Waals surface area contributed by atoms with Crippen molar-refractivity contribution in [1.29, 1.82) is 0 Å². The monoisotopic (exact) mass is 280 g/mol. The third-order valence-corrected chi connectivity index (χ3v) is 2.83. The van der Waals surface area contributed by atoms with Crippen LogP contribution in [-0.2, 0) is 13.2 Å². The van der Waals surface area contributed by atoms with E-state index in [1.54, 1.807) is 18.2 Å². The second-order valence-electron chi connectivity index (χ2n) is 4.14.